The molecule has 1 fully saturated rings. The number of nitrogens with zero attached hydrogens (tertiary/aromatic N) is 1. The summed E-state index contributed by atoms with van der Waals surface area (Å²) in [5.74, 6) is 0.0972. The molecule has 16 heavy (non-hydrogen) atoms. The van der Waals surface area contributed by atoms with Gasteiger partial charge in [0.25, 0.3) is 0 Å². The number of piperidine rings is 1. The Hall–Kier alpha value is -0.610. The second kappa shape index (κ2) is 6.86. The van der Waals surface area contributed by atoms with E-state index >= 15 is 0 Å². The molecular formula is C12H24N2O2. The summed E-state index contributed by atoms with van der Waals surface area (Å²) >= 11 is 0. The van der Waals surface area contributed by atoms with E-state index in [1.165, 1.54) is 6.42 Å². The van der Waals surface area contributed by atoms with Gasteiger partial charge >= 0.3 is 0 Å². The minimum atomic E-state index is -0.278. The first kappa shape index (κ1) is 13.5. The SMILES string of the molecule is CCNC(=O)CN1CCCCC1CC(C)O. The van der Waals surface area contributed by atoms with Crippen LogP contribution in [0.3, 0.4) is 0 Å². The van der Waals surface area contributed by atoms with E-state index in [2.05, 4.69) is 10.2 Å². The second-order valence-electron chi connectivity index (χ2n) is 4.66. The Kier molecular flexibility index (Phi) is 5.77. The molecule has 0 spiro atoms. The Bertz CT molecular complexity index is 219. The number of amides is 1. The topological polar surface area (TPSA) is 52.6 Å². The van der Waals surface area contributed by atoms with E-state index in [9.17, 15) is 9.90 Å². The number of likely N-dealkylation sites (N-methyl/N-ethyl adjacent to an activating group) is 1. The molecule has 1 amide bonds. The third-order valence-corrected chi connectivity index (χ3v) is 3.08. The number of carbonyl (C=O) groups excluding carboxylic acids is 1. The fourth-order valence-corrected chi connectivity index (χ4v) is 2.37. The van der Waals surface area contributed by atoms with Crippen LogP contribution < -0.4 is 5.32 Å². The molecule has 2 unspecified atom stereocenters. The molecule has 2 atom stereocenters. The molecule has 0 aliphatic carbocycles. The number of hydrogen-bond donors (Lipinski definition) is 2. The highest BCUT2D eigenvalue weighted by atomic mass is 16.3. The van der Waals surface area contributed by atoms with Crippen LogP contribution in [0.25, 0.3) is 0 Å². The predicted octanol–water partition coefficient (Wildman–Crippen LogP) is 0.748. The number of likely N-dealkylation sites (tertiary alicyclic amines) is 1. The lowest BCUT2D eigenvalue weighted by Gasteiger charge is -2.35. The maximum atomic E-state index is 11.5. The van der Waals surface area contributed by atoms with Gasteiger partial charge in [0.05, 0.1) is 12.6 Å². The van der Waals surface area contributed by atoms with Crippen molar-refractivity contribution in [2.45, 2.75) is 51.7 Å². The number of aliphatic hydroxyl groups excluding tert-OH is 1. The molecule has 2 N–H and O–H groups in total. The van der Waals surface area contributed by atoms with Crippen LogP contribution in [0.5, 0.6) is 0 Å². The Morgan fingerprint density at radius 3 is 2.94 bits per heavy atom. The van der Waals surface area contributed by atoms with Crippen molar-refractivity contribution >= 4 is 5.91 Å². The molecule has 0 aromatic rings. The second-order valence-corrected chi connectivity index (χ2v) is 4.66. The largest absolute Gasteiger partial charge is 0.393 e. The predicted molar refractivity (Wildman–Crippen MR) is 64.2 cm³/mol. The average Bonchev–Trinajstić information content (AvgIpc) is 2.20. The lowest BCUT2D eigenvalue weighted by Crippen LogP contribution is -2.46. The van der Waals surface area contributed by atoms with E-state index in [4.69, 9.17) is 0 Å². The lowest BCUT2D eigenvalue weighted by atomic mass is 9.97. The molecule has 0 saturated carbocycles. The van der Waals surface area contributed by atoms with Crippen LogP contribution in [0.1, 0.15) is 39.5 Å². The first-order valence-corrected chi connectivity index (χ1v) is 6.32. The molecular weight excluding hydrogens is 204 g/mol. The van der Waals surface area contributed by atoms with Gasteiger partial charge in [-0.1, -0.05) is 6.42 Å². The Balaban J connectivity index is 2.43. The molecule has 1 aliphatic heterocycles. The summed E-state index contributed by atoms with van der Waals surface area (Å²) in [7, 11) is 0. The number of carbonyl (C=O) groups is 1. The molecule has 1 rings (SSSR count). The van der Waals surface area contributed by atoms with Crippen molar-refractivity contribution in [3.05, 3.63) is 0 Å². The van der Waals surface area contributed by atoms with Gasteiger partial charge < -0.3 is 10.4 Å². The third-order valence-electron chi connectivity index (χ3n) is 3.08. The zero-order valence-corrected chi connectivity index (χ0v) is 10.4. The van der Waals surface area contributed by atoms with Gasteiger partial charge in [0.2, 0.25) is 5.91 Å². The van der Waals surface area contributed by atoms with Crippen molar-refractivity contribution < 1.29 is 9.90 Å². The summed E-state index contributed by atoms with van der Waals surface area (Å²) in [5, 5.41) is 12.3. The Morgan fingerprint density at radius 1 is 1.56 bits per heavy atom. The van der Waals surface area contributed by atoms with E-state index in [-0.39, 0.29) is 12.0 Å². The highest BCUT2D eigenvalue weighted by molar-refractivity contribution is 5.77. The summed E-state index contributed by atoms with van der Waals surface area (Å²) in [6.45, 7) is 5.90. The minimum absolute atomic E-state index is 0.0972. The smallest absolute Gasteiger partial charge is 0.234 e. The van der Waals surface area contributed by atoms with Gasteiger partial charge in [-0.05, 0) is 39.7 Å². The van der Waals surface area contributed by atoms with Crippen molar-refractivity contribution in [3.63, 3.8) is 0 Å². The van der Waals surface area contributed by atoms with E-state index in [1.54, 1.807) is 0 Å². The molecule has 94 valence electrons. The normalized spacial score (nSPS) is 24.1. The zero-order valence-electron chi connectivity index (χ0n) is 10.4. The van der Waals surface area contributed by atoms with Crippen LogP contribution in [0.15, 0.2) is 0 Å². The molecule has 0 bridgehead atoms. The maximum Gasteiger partial charge on any atom is 0.234 e. The van der Waals surface area contributed by atoms with Crippen LogP contribution in [0.2, 0.25) is 0 Å². The molecule has 1 saturated heterocycles. The third kappa shape index (κ3) is 4.49. The van der Waals surface area contributed by atoms with Crippen LogP contribution in [-0.4, -0.2) is 47.7 Å². The highest BCUT2D eigenvalue weighted by Crippen LogP contribution is 2.20. The van der Waals surface area contributed by atoms with E-state index in [0.717, 1.165) is 25.8 Å². The molecule has 0 aromatic heterocycles. The first-order valence-electron chi connectivity index (χ1n) is 6.32. The summed E-state index contributed by atoms with van der Waals surface area (Å²) in [4.78, 5) is 13.7. The van der Waals surface area contributed by atoms with Gasteiger partial charge in [0, 0.05) is 12.6 Å². The average molecular weight is 228 g/mol. The van der Waals surface area contributed by atoms with E-state index < -0.39 is 0 Å². The van der Waals surface area contributed by atoms with Crippen molar-refractivity contribution in [1.82, 2.24) is 10.2 Å². The van der Waals surface area contributed by atoms with Crippen LogP contribution in [0, 0.1) is 0 Å². The lowest BCUT2D eigenvalue weighted by molar-refractivity contribution is -0.123. The Labute approximate surface area is 98.0 Å². The number of hydrogen-bond acceptors (Lipinski definition) is 3. The molecule has 0 radical (unpaired) electrons. The maximum absolute atomic E-state index is 11.5. The van der Waals surface area contributed by atoms with Crippen molar-refractivity contribution in [2.75, 3.05) is 19.6 Å². The summed E-state index contributed by atoms with van der Waals surface area (Å²) in [5.41, 5.74) is 0. The zero-order chi connectivity index (χ0) is 12.0. The monoisotopic (exact) mass is 228 g/mol. The van der Waals surface area contributed by atoms with Gasteiger partial charge in [-0.2, -0.15) is 0 Å². The quantitative estimate of drug-likeness (QED) is 0.730. The molecule has 1 heterocycles. The van der Waals surface area contributed by atoms with Crippen molar-refractivity contribution in [2.24, 2.45) is 0 Å². The molecule has 4 nitrogen and oxygen atoms in total. The van der Waals surface area contributed by atoms with Gasteiger partial charge in [-0.3, -0.25) is 9.69 Å². The van der Waals surface area contributed by atoms with Crippen molar-refractivity contribution in [1.29, 1.82) is 0 Å². The highest BCUT2D eigenvalue weighted by Gasteiger charge is 2.24. The van der Waals surface area contributed by atoms with Gasteiger partial charge in [-0.25, -0.2) is 0 Å². The van der Waals surface area contributed by atoms with Crippen LogP contribution >= 0.6 is 0 Å². The van der Waals surface area contributed by atoms with Crippen molar-refractivity contribution in [3.8, 4) is 0 Å². The number of aliphatic hydroxyl groups is 1. The van der Waals surface area contributed by atoms with Gasteiger partial charge in [-0.15, -0.1) is 0 Å². The number of nitrogens with one attached hydrogen (secondary N) is 1. The van der Waals surface area contributed by atoms with E-state index in [0.29, 0.717) is 19.1 Å². The van der Waals surface area contributed by atoms with Gasteiger partial charge in [0.1, 0.15) is 0 Å². The van der Waals surface area contributed by atoms with Crippen LogP contribution in [-0.2, 0) is 4.79 Å². The fraction of sp³-hybridized carbons (Fsp3) is 0.917. The molecule has 0 aromatic carbocycles. The molecule has 4 heteroatoms. The Morgan fingerprint density at radius 2 is 2.31 bits per heavy atom. The van der Waals surface area contributed by atoms with Gasteiger partial charge in [0.15, 0.2) is 0 Å². The van der Waals surface area contributed by atoms with Crippen LogP contribution in [0.4, 0.5) is 0 Å². The first-order chi connectivity index (χ1) is 7.63. The molecule has 1 aliphatic rings. The summed E-state index contributed by atoms with van der Waals surface area (Å²) in [6, 6.07) is 0.372. The number of rotatable bonds is 5. The standard InChI is InChI=1S/C12H24N2O2/c1-3-13-12(16)9-14-7-5-4-6-11(14)8-10(2)15/h10-11,15H,3-9H2,1-2H3,(H,13,16). The fourth-order valence-electron chi connectivity index (χ4n) is 2.37. The summed E-state index contributed by atoms with van der Waals surface area (Å²) in [6.07, 6.45) is 3.97. The van der Waals surface area contributed by atoms with E-state index in [1.807, 2.05) is 13.8 Å². The minimum Gasteiger partial charge on any atom is -0.393 e. The summed E-state index contributed by atoms with van der Waals surface area (Å²) < 4.78 is 0.